The average molecular weight is 394 g/mol. The number of carbonyl (C=O) groups excluding carboxylic acids is 2. The molecule has 0 spiro atoms. The quantitative estimate of drug-likeness (QED) is 0.486. The second kappa shape index (κ2) is 7.40. The van der Waals surface area contributed by atoms with Crippen molar-refractivity contribution in [1.82, 2.24) is 0 Å². The molecule has 4 rings (SSSR count). The minimum Gasteiger partial charge on any atom is -0.375 e. The van der Waals surface area contributed by atoms with Crippen LogP contribution in [-0.2, 0) is 21.7 Å². The van der Waals surface area contributed by atoms with Gasteiger partial charge in [0.15, 0.2) is 5.60 Å². The van der Waals surface area contributed by atoms with Gasteiger partial charge in [0.1, 0.15) is 5.78 Å². The summed E-state index contributed by atoms with van der Waals surface area (Å²) in [5.74, 6) is -1.32. The topological polar surface area (TPSA) is 101 Å². The van der Waals surface area contributed by atoms with Crippen LogP contribution in [0, 0.1) is 16.0 Å². The molecule has 0 aromatic heterocycles. The fourth-order valence-electron chi connectivity index (χ4n) is 4.46. The molecule has 1 heterocycles. The van der Waals surface area contributed by atoms with Crippen molar-refractivity contribution in [1.29, 1.82) is 0 Å². The summed E-state index contributed by atoms with van der Waals surface area (Å²) in [6, 6.07) is 13.0. The van der Waals surface area contributed by atoms with Crippen LogP contribution in [-0.4, -0.2) is 21.7 Å². The van der Waals surface area contributed by atoms with Gasteiger partial charge in [-0.1, -0.05) is 43.2 Å². The molecule has 0 radical (unpaired) electrons. The molecule has 2 atom stereocenters. The van der Waals surface area contributed by atoms with Gasteiger partial charge in [0.25, 0.3) is 11.6 Å². The summed E-state index contributed by atoms with van der Waals surface area (Å²) in [4.78, 5) is 38.0. The Hall–Kier alpha value is -3.06. The van der Waals surface area contributed by atoms with Crippen LogP contribution in [0.5, 0.6) is 0 Å². The molecule has 0 unspecified atom stereocenters. The van der Waals surface area contributed by atoms with Gasteiger partial charge < -0.3 is 10.0 Å². The number of para-hydroxylation sites is 1. The molecule has 0 bridgehead atoms. The number of benzene rings is 2. The van der Waals surface area contributed by atoms with Crippen molar-refractivity contribution in [2.45, 2.75) is 44.2 Å². The van der Waals surface area contributed by atoms with E-state index < -0.39 is 22.3 Å². The normalized spacial score (nSPS) is 24.3. The maximum atomic E-state index is 13.4. The van der Waals surface area contributed by atoms with E-state index in [0.717, 1.165) is 19.3 Å². The van der Waals surface area contributed by atoms with Gasteiger partial charge in [0, 0.05) is 24.1 Å². The maximum Gasteiger partial charge on any atom is 0.269 e. The molecule has 2 aromatic carbocycles. The van der Waals surface area contributed by atoms with E-state index in [1.807, 2.05) is 0 Å². The lowest BCUT2D eigenvalue weighted by Crippen LogP contribution is -2.48. The molecule has 7 heteroatoms. The standard InChI is InChI=1S/C22H22N2O5/c25-20-9-3-1-2-7-18(20)22(27)17-6-4-5-8-19(17)23(21(22)26)14-15-10-12-16(13-11-15)24(28)29/h4-6,8,10-13,18,27H,1-3,7,9,14H2/t18-,22-/m0/s1. The first-order valence-electron chi connectivity index (χ1n) is 9.83. The molecule has 1 amide bonds. The van der Waals surface area contributed by atoms with Crippen LogP contribution in [0.4, 0.5) is 11.4 Å². The van der Waals surface area contributed by atoms with Crippen LogP contribution in [0.15, 0.2) is 48.5 Å². The summed E-state index contributed by atoms with van der Waals surface area (Å²) in [5.41, 5.74) is -0.140. The molecule has 7 nitrogen and oxygen atoms in total. The SMILES string of the molecule is O=C1CCCCC[C@@H]1[C@]1(O)C(=O)N(Cc2ccc([N+](=O)[O-])cc2)c2ccccc21. The second-order valence-electron chi connectivity index (χ2n) is 7.72. The van der Waals surface area contributed by atoms with Gasteiger partial charge in [0.05, 0.1) is 23.1 Å². The van der Waals surface area contributed by atoms with E-state index in [1.165, 1.54) is 17.0 Å². The first-order chi connectivity index (χ1) is 13.9. The molecular weight excluding hydrogens is 372 g/mol. The maximum absolute atomic E-state index is 13.4. The van der Waals surface area contributed by atoms with Crippen molar-refractivity contribution >= 4 is 23.1 Å². The summed E-state index contributed by atoms with van der Waals surface area (Å²) in [5, 5.41) is 22.5. The lowest BCUT2D eigenvalue weighted by molar-refractivity contribution is -0.384. The van der Waals surface area contributed by atoms with Crippen molar-refractivity contribution in [3.8, 4) is 0 Å². The predicted molar refractivity (Wildman–Crippen MR) is 106 cm³/mol. The lowest BCUT2D eigenvalue weighted by Gasteiger charge is -2.30. The molecule has 150 valence electrons. The van der Waals surface area contributed by atoms with E-state index in [0.29, 0.717) is 29.7 Å². The molecule has 2 aromatic rings. The van der Waals surface area contributed by atoms with Gasteiger partial charge in [-0.25, -0.2) is 0 Å². The van der Waals surface area contributed by atoms with Crippen LogP contribution < -0.4 is 4.90 Å². The number of ketones is 1. The number of carbonyl (C=O) groups is 2. The predicted octanol–water partition coefficient (Wildman–Crippen LogP) is 3.48. The number of nitro groups is 1. The number of anilines is 1. The highest BCUT2D eigenvalue weighted by atomic mass is 16.6. The van der Waals surface area contributed by atoms with E-state index in [-0.39, 0.29) is 18.0 Å². The third-order valence-corrected chi connectivity index (χ3v) is 5.97. The fourth-order valence-corrected chi connectivity index (χ4v) is 4.46. The average Bonchev–Trinajstić information content (AvgIpc) is 2.85. The van der Waals surface area contributed by atoms with Crippen LogP contribution in [0.25, 0.3) is 0 Å². The van der Waals surface area contributed by atoms with Gasteiger partial charge in [-0.15, -0.1) is 0 Å². The Bertz CT molecular complexity index is 971. The minimum atomic E-state index is -1.86. The van der Waals surface area contributed by atoms with Crippen molar-refractivity contribution in [3.63, 3.8) is 0 Å². The number of Topliss-reactive ketones (excluding diaryl/α,β-unsaturated/α-hetero) is 1. The highest BCUT2D eigenvalue weighted by Gasteiger charge is 2.56. The Morgan fingerprint density at radius 2 is 1.79 bits per heavy atom. The Morgan fingerprint density at radius 3 is 2.52 bits per heavy atom. The Kier molecular flexibility index (Phi) is 4.92. The number of non-ortho nitro benzene ring substituents is 1. The lowest BCUT2D eigenvalue weighted by atomic mass is 9.77. The van der Waals surface area contributed by atoms with E-state index >= 15 is 0 Å². The molecule has 1 aliphatic carbocycles. The summed E-state index contributed by atoms with van der Waals surface area (Å²) >= 11 is 0. The first-order valence-corrected chi connectivity index (χ1v) is 9.83. The number of amides is 1. The van der Waals surface area contributed by atoms with E-state index in [1.54, 1.807) is 36.4 Å². The molecule has 0 saturated heterocycles. The first kappa shape index (κ1) is 19.3. The number of fused-ring (bicyclic) bond motifs is 1. The minimum absolute atomic E-state index is 0.0255. The number of hydrogen-bond donors (Lipinski definition) is 1. The summed E-state index contributed by atoms with van der Waals surface area (Å²) in [6.45, 7) is 0.164. The molecule has 29 heavy (non-hydrogen) atoms. The van der Waals surface area contributed by atoms with E-state index in [9.17, 15) is 24.8 Å². The third-order valence-electron chi connectivity index (χ3n) is 5.97. The van der Waals surface area contributed by atoms with Gasteiger partial charge in [-0.2, -0.15) is 0 Å². The van der Waals surface area contributed by atoms with Crippen molar-refractivity contribution < 1.29 is 19.6 Å². The smallest absolute Gasteiger partial charge is 0.269 e. The third kappa shape index (κ3) is 3.21. The van der Waals surface area contributed by atoms with Crippen LogP contribution >= 0.6 is 0 Å². The number of aliphatic hydroxyl groups is 1. The van der Waals surface area contributed by atoms with Gasteiger partial charge in [0.2, 0.25) is 0 Å². The molecule has 1 aliphatic heterocycles. The summed E-state index contributed by atoms with van der Waals surface area (Å²) < 4.78 is 0. The zero-order valence-corrected chi connectivity index (χ0v) is 15.9. The van der Waals surface area contributed by atoms with Crippen LogP contribution in [0.2, 0.25) is 0 Å². The van der Waals surface area contributed by atoms with Crippen molar-refractivity contribution in [2.24, 2.45) is 5.92 Å². The molecule has 1 fully saturated rings. The molecular formula is C22H22N2O5. The summed E-state index contributed by atoms with van der Waals surface area (Å²) in [7, 11) is 0. The van der Waals surface area contributed by atoms with Crippen LogP contribution in [0.1, 0.15) is 43.2 Å². The van der Waals surface area contributed by atoms with Crippen molar-refractivity contribution in [2.75, 3.05) is 4.90 Å². The Morgan fingerprint density at radius 1 is 1.07 bits per heavy atom. The van der Waals surface area contributed by atoms with Gasteiger partial charge in [-0.05, 0) is 24.5 Å². The van der Waals surface area contributed by atoms with Gasteiger partial charge in [-0.3, -0.25) is 19.7 Å². The zero-order chi connectivity index (χ0) is 20.6. The number of nitrogens with zero attached hydrogens (tertiary/aromatic N) is 2. The molecule has 2 aliphatic rings. The largest absolute Gasteiger partial charge is 0.375 e. The van der Waals surface area contributed by atoms with E-state index in [4.69, 9.17) is 0 Å². The monoisotopic (exact) mass is 394 g/mol. The highest BCUT2D eigenvalue weighted by molar-refractivity contribution is 6.09. The molecule has 1 N–H and O–H groups in total. The van der Waals surface area contributed by atoms with Crippen LogP contribution in [0.3, 0.4) is 0 Å². The summed E-state index contributed by atoms with van der Waals surface area (Å²) in [6.07, 6.45) is 3.37. The number of hydrogen-bond acceptors (Lipinski definition) is 5. The molecule has 1 saturated carbocycles. The fraction of sp³-hybridized carbons (Fsp3) is 0.364. The Balaban J connectivity index is 1.71. The highest BCUT2D eigenvalue weighted by Crippen LogP contribution is 2.48. The van der Waals surface area contributed by atoms with Crippen molar-refractivity contribution in [3.05, 3.63) is 69.8 Å². The second-order valence-corrected chi connectivity index (χ2v) is 7.72. The number of nitro benzene ring substituents is 1. The zero-order valence-electron chi connectivity index (χ0n) is 15.9. The van der Waals surface area contributed by atoms with E-state index in [2.05, 4.69) is 0 Å². The van der Waals surface area contributed by atoms with Gasteiger partial charge >= 0.3 is 0 Å². The number of rotatable bonds is 4. The Labute approximate surface area is 168 Å².